The lowest BCUT2D eigenvalue weighted by atomic mass is 9.96. The van der Waals surface area contributed by atoms with E-state index in [0.29, 0.717) is 31.7 Å². The molecule has 1 amide bonds. The molecule has 0 aliphatic carbocycles. The van der Waals surface area contributed by atoms with Crippen LogP contribution >= 0.6 is 0 Å². The number of carbonyl (C=O) groups is 1. The molecule has 2 unspecified atom stereocenters. The molecule has 0 radical (unpaired) electrons. The first-order chi connectivity index (χ1) is 8.79. The van der Waals surface area contributed by atoms with Crippen LogP contribution in [0.2, 0.25) is 0 Å². The second-order valence-electron chi connectivity index (χ2n) is 5.58. The predicted octanol–water partition coefficient (Wildman–Crippen LogP) is 2.55. The molecule has 1 aliphatic rings. The molecule has 0 bridgehead atoms. The molecule has 112 valence electrons. The molecule has 1 fully saturated rings. The fourth-order valence-corrected chi connectivity index (χ4v) is 2.46. The second-order valence-corrected chi connectivity index (χ2v) is 5.58. The number of nitrogens with two attached hydrogens (primary N) is 1. The number of amides is 1. The van der Waals surface area contributed by atoms with Crippen molar-refractivity contribution in [2.24, 2.45) is 17.6 Å². The van der Waals surface area contributed by atoms with E-state index in [1.807, 2.05) is 11.8 Å². The van der Waals surface area contributed by atoms with Crippen LogP contribution in [0.15, 0.2) is 0 Å². The molecule has 0 aromatic rings. The summed E-state index contributed by atoms with van der Waals surface area (Å²) in [6.45, 7) is 3.54. The Morgan fingerprint density at radius 3 is 2.68 bits per heavy atom. The first kappa shape index (κ1) is 16.3. The van der Waals surface area contributed by atoms with Gasteiger partial charge in [0.1, 0.15) is 0 Å². The lowest BCUT2D eigenvalue weighted by Gasteiger charge is -2.34. The van der Waals surface area contributed by atoms with Gasteiger partial charge in [-0.15, -0.1) is 0 Å². The number of nitrogens with zero attached hydrogens (tertiary/aromatic N) is 1. The Bertz CT molecular complexity index is 294. The minimum absolute atomic E-state index is 0.117. The summed E-state index contributed by atoms with van der Waals surface area (Å²) in [6, 6.07) is 0. The average molecular weight is 280 g/mol. The minimum atomic E-state index is -4.07. The standard InChI is InChI=1S/C13H23F3N2O/c1-10(4-5-12(17)19)6-8-18-7-2-3-11(9-18)13(14,15)16/h10-11H,2-9H2,1H3,(H2,17,19). The van der Waals surface area contributed by atoms with Crippen LogP contribution in [0.3, 0.4) is 0 Å². The van der Waals surface area contributed by atoms with Crippen molar-refractivity contribution in [2.75, 3.05) is 19.6 Å². The van der Waals surface area contributed by atoms with E-state index in [1.54, 1.807) is 0 Å². The molecule has 2 N–H and O–H groups in total. The Kier molecular flexibility index (Phi) is 6.10. The number of hydrogen-bond acceptors (Lipinski definition) is 2. The lowest BCUT2D eigenvalue weighted by molar-refractivity contribution is -0.186. The van der Waals surface area contributed by atoms with Gasteiger partial charge in [0.2, 0.25) is 5.91 Å². The molecule has 0 spiro atoms. The summed E-state index contributed by atoms with van der Waals surface area (Å²) in [5.41, 5.74) is 5.07. The van der Waals surface area contributed by atoms with E-state index in [0.717, 1.165) is 13.0 Å². The topological polar surface area (TPSA) is 46.3 Å². The van der Waals surface area contributed by atoms with Gasteiger partial charge in [0, 0.05) is 13.0 Å². The zero-order chi connectivity index (χ0) is 14.5. The zero-order valence-electron chi connectivity index (χ0n) is 11.4. The van der Waals surface area contributed by atoms with Gasteiger partial charge in [-0.25, -0.2) is 0 Å². The maximum absolute atomic E-state index is 12.6. The molecule has 0 saturated carbocycles. The number of likely N-dealkylation sites (tertiary alicyclic amines) is 1. The number of alkyl halides is 3. The summed E-state index contributed by atoms with van der Waals surface area (Å²) in [5.74, 6) is -1.18. The van der Waals surface area contributed by atoms with Crippen LogP contribution in [-0.2, 0) is 4.79 Å². The normalized spacial score (nSPS) is 23.3. The van der Waals surface area contributed by atoms with E-state index in [9.17, 15) is 18.0 Å². The highest BCUT2D eigenvalue weighted by Gasteiger charge is 2.41. The second kappa shape index (κ2) is 7.12. The van der Waals surface area contributed by atoms with Gasteiger partial charge in [0.05, 0.1) is 5.92 Å². The molecule has 6 heteroatoms. The summed E-state index contributed by atoms with van der Waals surface area (Å²) in [6.07, 6.45) is -1.33. The number of halogens is 3. The zero-order valence-corrected chi connectivity index (χ0v) is 11.4. The summed E-state index contributed by atoms with van der Waals surface area (Å²) >= 11 is 0. The average Bonchev–Trinajstić information content (AvgIpc) is 2.33. The van der Waals surface area contributed by atoms with Crippen molar-refractivity contribution in [1.82, 2.24) is 4.90 Å². The highest BCUT2D eigenvalue weighted by molar-refractivity contribution is 5.73. The predicted molar refractivity (Wildman–Crippen MR) is 67.4 cm³/mol. The molecule has 3 nitrogen and oxygen atoms in total. The Labute approximate surface area is 112 Å². The Hall–Kier alpha value is -0.780. The number of piperidine rings is 1. The van der Waals surface area contributed by atoms with Crippen LogP contribution < -0.4 is 5.73 Å². The van der Waals surface area contributed by atoms with E-state index in [-0.39, 0.29) is 18.9 Å². The van der Waals surface area contributed by atoms with Crippen molar-refractivity contribution < 1.29 is 18.0 Å². The molecule has 1 saturated heterocycles. The SMILES string of the molecule is CC(CCC(N)=O)CCN1CCCC(C(F)(F)F)C1. The van der Waals surface area contributed by atoms with Crippen molar-refractivity contribution >= 4 is 5.91 Å². The molecule has 1 aliphatic heterocycles. The third-order valence-corrected chi connectivity index (χ3v) is 3.79. The molecule has 1 rings (SSSR count). The van der Waals surface area contributed by atoms with E-state index in [2.05, 4.69) is 0 Å². The van der Waals surface area contributed by atoms with Gasteiger partial charge in [-0.3, -0.25) is 4.79 Å². The molecule has 2 atom stereocenters. The summed E-state index contributed by atoms with van der Waals surface area (Å²) in [5, 5.41) is 0. The fourth-order valence-electron chi connectivity index (χ4n) is 2.46. The van der Waals surface area contributed by atoms with Gasteiger partial charge in [-0.05, 0) is 44.7 Å². The van der Waals surface area contributed by atoms with Crippen molar-refractivity contribution in [3.05, 3.63) is 0 Å². The van der Waals surface area contributed by atoms with Crippen LogP contribution in [0.4, 0.5) is 13.2 Å². The Morgan fingerprint density at radius 1 is 1.42 bits per heavy atom. The van der Waals surface area contributed by atoms with Gasteiger partial charge in [-0.1, -0.05) is 6.92 Å². The highest BCUT2D eigenvalue weighted by atomic mass is 19.4. The number of carbonyl (C=O) groups excluding carboxylic acids is 1. The van der Waals surface area contributed by atoms with Crippen LogP contribution in [0.25, 0.3) is 0 Å². The number of primary amides is 1. The van der Waals surface area contributed by atoms with Gasteiger partial charge >= 0.3 is 6.18 Å². The van der Waals surface area contributed by atoms with E-state index < -0.39 is 12.1 Å². The van der Waals surface area contributed by atoms with Gasteiger partial charge in [-0.2, -0.15) is 13.2 Å². The largest absolute Gasteiger partial charge is 0.393 e. The van der Waals surface area contributed by atoms with Crippen LogP contribution in [0.1, 0.15) is 39.0 Å². The van der Waals surface area contributed by atoms with E-state index in [1.165, 1.54) is 0 Å². The van der Waals surface area contributed by atoms with Crippen molar-refractivity contribution in [2.45, 2.75) is 45.2 Å². The summed E-state index contributed by atoms with van der Waals surface area (Å²) < 4.78 is 37.9. The van der Waals surface area contributed by atoms with Crippen molar-refractivity contribution in [3.8, 4) is 0 Å². The molecule has 1 heterocycles. The van der Waals surface area contributed by atoms with E-state index in [4.69, 9.17) is 5.73 Å². The quantitative estimate of drug-likeness (QED) is 0.812. The summed E-state index contributed by atoms with van der Waals surface area (Å²) in [7, 11) is 0. The fraction of sp³-hybridized carbons (Fsp3) is 0.923. The molecular weight excluding hydrogens is 257 g/mol. The first-order valence-corrected chi connectivity index (χ1v) is 6.86. The lowest BCUT2D eigenvalue weighted by Crippen LogP contribution is -2.42. The maximum Gasteiger partial charge on any atom is 0.393 e. The van der Waals surface area contributed by atoms with Gasteiger partial charge in [0.25, 0.3) is 0 Å². The van der Waals surface area contributed by atoms with Crippen LogP contribution in [-0.4, -0.2) is 36.6 Å². The Balaban J connectivity index is 2.27. The first-order valence-electron chi connectivity index (χ1n) is 6.86. The molecular formula is C13H23F3N2O. The number of rotatable bonds is 6. The number of hydrogen-bond donors (Lipinski definition) is 1. The smallest absolute Gasteiger partial charge is 0.370 e. The monoisotopic (exact) mass is 280 g/mol. The van der Waals surface area contributed by atoms with E-state index >= 15 is 0 Å². The van der Waals surface area contributed by atoms with Gasteiger partial charge < -0.3 is 10.6 Å². The summed E-state index contributed by atoms with van der Waals surface area (Å²) in [4.78, 5) is 12.5. The van der Waals surface area contributed by atoms with Crippen molar-refractivity contribution in [3.63, 3.8) is 0 Å². The third-order valence-electron chi connectivity index (χ3n) is 3.79. The minimum Gasteiger partial charge on any atom is -0.370 e. The van der Waals surface area contributed by atoms with Crippen LogP contribution in [0.5, 0.6) is 0 Å². The highest BCUT2D eigenvalue weighted by Crippen LogP contribution is 2.33. The Morgan fingerprint density at radius 2 is 2.11 bits per heavy atom. The van der Waals surface area contributed by atoms with Gasteiger partial charge in [0.15, 0.2) is 0 Å². The molecule has 19 heavy (non-hydrogen) atoms. The molecule has 0 aromatic heterocycles. The third kappa shape index (κ3) is 6.27. The van der Waals surface area contributed by atoms with Crippen molar-refractivity contribution in [1.29, 1.82) is 0 Å². The van der Waals surface area contributed by atoms with Crippen LogP contribution in [0, 0.1) is 11.8 Å². The maximum atomic E-state index is 12.6. The molecule has 0 aromatic carbocycles.